The molecule has 0 saturated carbocycles. The van der Waals surface area contributed by atoms with E-state index >= 15 is 0 Å². The number of nitrogens with zero attached hydrogens (tertiary/aromatic N) is 1. The lowest BCUT2D eigenvalue weighted by atomic mass is 10.4. The van der Waals surface area contributed by atoms with E-state index in [-0.39, 0.29) is 6.54 Å². The molecule has 1 rings (SSSR count). The van der Waals surface area contributed by atoms with Gasteiger partial charge in [-0.15, -0.1) is 0 Å². The van der Waals surface area contributed by atoms with Gasteiger partial charge in [0.05, 0.1) is 12.2 Å². The maximum atomic E-state index is 10.4. The van der Waals surface area contributed by atoms with Gasteiger partial charge in [0.15, 0.2) is 0 Å². The molecule has 70 valence electrons. The first-order valence-electron chi connectivity index (χ1n) is 3.75. The van der Waals surface area contributed by atoms with E-state index in [0.717, 1.165) is 10.2 Å². The molecule has 0 radical (unpaired) electrons. The average Bonchev–Trinajstić information content (AvgIpc) is 2.07. The monoisotopic (exact) mass is 243 g/mol. The van der Waals surface area contributed by atoms with Crippen molar-refractivity contribution in [2.24, 2.45) is 5.73 Å². The SMILES string of the molecule is Cc1nc(NCC(N)=O)ccc1Br. The zero-order valence-corrected chi connectivity index (χ0v) is 8.76. The summed E-state index contributed by atoms with van der Waals surface area (Å²) in [5, 5.41) is 2.81. The number of rotatable bonds is 3. The van der Waals surface area contributed by atoms with E-state index in [2.05, 4.69) is 26.2 Å². The maximum Gasteiger partial charge on any atom is 0.236 e. The fourth-order valence-electron chi connectivity index (χ4n) is 0.820. The zero-order valence-electron chi connectivity index (χ0n) is 7.17. The van der Waals surface area contributed by atoms with Crippen LogP contribution in [0.5, 0.6) is 0 Å². The van der Waals surface area contributed by atoms with Crippen molar-refractivity contribution in [1.82, 2.24) is 4.98 Å². The summed E-state index contributed by atoms with van der Waals surface area (Å²) in [7, 11) is 0. The van der Waals surface area contributed by atoms with E-state index in [0.29, 0.717) is 5.82 Å². The van der Waals surface area contributed by atoms with Crippen LogP contribution in [0.4, 0.5) is 5.82 Å². The molecular weight excluding hydrogens is 234 g/mol. The van der Waals surface area contributed by atoms with Crippen LogP contribution in [0.2, 0.25) is 0 Å². The van der Waals surface area contributed by atoms with Gasteiger partial charge in [0.25, 0.3) is 0 Å². The van der Waals surface area contributed by atoms with Gasteiger partial charge in [-0.25, -0.2) is 4.98 Å². The number of carbonyl (C=O) groups is 1. The fourth-order valence-corrected chi connectivity index (χ4v) is 1.04. The van der Waals surface area contributed by atoms with Crippen molar-refractivity contribution in [3.63, 3.8) is 0 Å². The summed E-state index contributed by atoms with van der Waals surface area (Å²) >= 11 is 3.33. The van der Waals surface area contributed by atoms with Crippen LogP contribution in [0, 0.1) is 6.92 Å². The maximum absolute atomic E-state index is 10.4. The number of halogens is 1. The molecule has 1 aromatic heterocycles. The van der Waals surface area contributed by atoms with Crippen molar-refractivity contribution in [2.45, 2.75) is 6.92 Å². The van der Waals surface area contributed by atoms with Crippen LogP contribution in [0.1, 0.15) is 5.69 Å². The molecule has 0 atom stereocenters. The summed E-state index contributed by atoms with van der Waals surface area (Å²) in [4.78, 5) is 14.6. The number of anilines is 1. The van der Waals surface area contributed by atoms with Crippen LogP contribution in [-0.4, -0.2) is 17.4 Å². The van der Waals surface area contributed by atoms with Crippen LogP contribution in [-0.2, 0) is 4.79 Å². The van der Waals surface area contributed by atoms with Crippen molar-refractivity contribution < 1.29 is 4.79 Å². The molecule has 0 fully saturated rings. The number of aromatic nitrogens is 1. The normalized spacial score (nSPS) is 9.69. The number of pyridine rings is 1. The van der Waals surface area contributed by atoms with Gasteiger partial charge in [-0.3, -0.25) is 4.79 Å². The quantitative estimate of drug-likeness (QED) is 0.834. The first kappa shape index (κ1) is 9.98. The first-order chi connectivity index (χ1) is 6.09. The van der Waals surface area contributed by atoms with Gasteiger partial charge in [0, 0.05) is 4.47 Å². The number of nitrogens with two attached hydrogens (primary N) is 1. The highest BCUT2D eigenvalue weighted by Gasteiger charge is 1.99. The van der Waals surface area contributed by atoms with Gasteiger partial charge < -0.3 is 11.1 Å². The summed E-state index contributed by atoms with van der Waals surface area (Å²) < 4.78 is 0.942. The molecule has 4 nitrogen and oxygen atoms in total. The van der Waals surface area contributed by atoms with Crippen LogP contribution in [0.25, 0.3) is 0 Å². The highest BCUT2D eigenvalue weighted by atomic mass is 79.9. The first-order valence-corrected chi connectivity index (χ1v) is 4.54. The molecule has 0 unspecified atom stereocenters. The van der Waals surface area contributed by atoms with Crippen molar-refractivity contribution in [1.29, 1.82) is 0 Å². The Kier molecular flexibility index (Phi) is 3.25. The van der Waals surface area contributed by atoms with Crippen molar-refractivity contribution >= 4 is 27.7 Å². The molecule has 0 aliphatic heterocycles. The van der Waals surface area contributed by atoms with E-state index < -0.39 is 5.91 Å². The number of primary amides is 1. The number of hydrogen-bond acceptors (Lipinski definition) is 3. The minimum absolute atomic E-state index is 0.105. The number of amides is 1. The summed E-state index contributed by atoms with van der Waals surface area (Å²) in [6.45, 7) is 1.98. The number of carbonyl (C=O) groups excluding carboxylic acids is 1. The van der Waals surface area contributed by atoms with Crippen LogP contribution in [0.15, 0.2) is 16.6 Å². The van der Waals surface area contributed by atoms with Crippen LogP contribution < -0.4 is 11.1 Å². The molecule has 0 aliphatic carbocycles. The summed E-state index contributed by atoms with van der Waals surface area (Å²) in [6, 6.07) is 3.64. The molecule has 0 aliphatic rings. The standard InChI is InChI=1S/C8H10BrN3O/c1-5-6(9)2-3-8(12-5)11-4-7(10)13/h2-3H,4H2,1H3,(H2,10,13)(H,11,12). The Morgan fingerprint density at radius 1 is 1.69 bits per heavy atom. The molecule has 5 heteroatoms. The number of nitrogens with one attached hydrogen (secondary N) is 1. The Balaban J connectivity index is 2.68. The Morgan fingerprint density at radius 3 is 2.92 bits per heavy atom. The van der Waals surface area contributed by atoms with Gasteiger partial charge in [-0.1, -0.05) is 0 Å². The van der Waals surface area contributed by atoms with E-state index in [1.165, 1.54) is 0 Å². The Bertz CT molecular complexity index is 327. The lowest BCUT2D eigenvalue weighted by Crippen LogP contribution is -2.22. The predicted octanol–water partition coefficient (Wildman–Crippen LogP) is 1.05. The molecule has 0 saturated heterocycles. The van der Waals surface area contributed by atoms with Gasteiger partial charge in [-0.05, 0) is 35.0 Å². The van der Waals surface area contributed by atoms with Crippen LogP contribution in [0.3, 0.4) is 0 Å². The van der Waals surface area contributed by atoms with E-state index in [9.17, 15) is 4.79 Å². The van der Waals surface area contributed by atoms with Gasteiger partial charge in [0.1, 0.15) is 5.82 Å². The molecule has 3 N–H and O–H groups in total. The Hall–Kier alpha value is -1.10. The number of hydrogen-bond donors (Lipinski definition) is 2. The summed E-state index contributed by atoms with van der Waals surface area (Å²) in [6.07, 6.45) is 0. The molecule has 0 bridgehead atoms. The molecular formula is C8H10BrN3O. The van der Waals surface area contributed by atoms with Crippen molar-refractivity contribution in [3.05, 3.63) is 22.3 Å². The van der Waals surface area contributed by atoms with E-state index in [4.69, 9.17) is 5.73 Å². The van der Waals surface area contributed by atoms with E-state index in [1.807, 2.05) is 13.0 Å². The van der Waals surface area contributed by atoms with Crippen molar-refractivity contribution in [3.8, 4) is 0 Å². The lowest BCUT2D eigenvalue weighted by molar-refractivity contribution is -0.116. The second-order valence-corrected chi connectivity index (χ2v) is 3.44. The molecule has 13 heavy (non-hydrogen) atoms. The molecule has 0 spiro atoms. The van der Waals surface area contributed by atoms with E-state index in [1.54, 1.807) is 6.07 Å². The molecule has 1 heterocycles. The molecule has 0 aromatic carbocycles. The second-order valence-electron chi connectivity index (χ2n) is 2.58. The zero-order chi connectivity index (χ0) is 9.84. The topological polar surface area (TPSA) is 68.0 Å². The highest BCUT2D eigenvalue weighted by molar-refractivity contribution is 9.10. The lowest BCUT2D eigenvalue weighted by Gasteiger charge is -2.04. The second kappa shape index (κ2) is 4.23. The Labute approximate surface area is 84.7 Å². The fraction of sp³-hybridized carbons (Fsp3) is 0.250. The van der Waals surface area contributed by atoms with Gasteiger partial charge >= 0.3 is 0 Å². The average molecular weight is 244 g/mol. The summed E-state index contributed by atoms with van der Waals surface area (Å²) in [5.74, 6) is 0.252. The minimum atomic E-state index is -0.401. The number of aryl methyl sites for hydroxylation is 1. The third-order valence-corrected chi connectivity index (χ3v) is 2.30. The van der Waals surface area contributed by atoms with Gasteiger partial charge in [-0.2, -0.15) is 0 Å². The predicted molar refractivity (Wildman–Crippen MR) is 54.4 cm³/mol. The third kappa shape index (κ3) is 3.02. The van der Waals surface area contributed by atoms with Crippen LogP contribution >= 0.6 is 15.9 Å². The highest BCUT2D eigenvalue weighted by Crippen LogP contribution is 2.15. The molecule has 1 aromatic rings. The Morgan fingerprint density at radius 2 is 2.38 bits per heavy atom. The summed E-state index contributed by atoms with van der Waals surface area (Å²) in [5.41, 5.74) is 5.84. The smallest absolute Gasteiger partial charge is 0.236 e. The third-order valence-electron chi connectivity index (χ3n) is 1.47. The van der Waals surface area contributed by atoms with Gasteiger partial charge in [0.2, 0.25) is 5.91 Å². The molecule has 1 amide bonds. The largest absolute Gasteiger partial charge is 0.368 e. The van der Waals surface area contributed by atoms with Crippen molar-refractivity contribution in [2.75, 3.05) is 11.9 Å². The minimum Gasteiger partial charge on any atom is -0.368 e.